The maximum absolute atomic E-state index is 6.58. The van der Waals surface area contributed by atoms with Crippen LogP contribution in [-0.4, -0.2) is 24.3 Å². The lowest BCUT2D eigenvalue weighted by molar-refractivity contribution is 0.710. The van der Waals surface area contributed by atoms with E-state index >= 15 is 0 Å². The molecule has 1 N–H and O–H groups in total. The van der Waals surface area contributed by atoms with E-state index in [4.69, 9.17) is 11.6 Å². The Balaban J connectivity index is 2.12. The number of hydrogen-bond acceptors (Lipinski definition) is 3. The molecule has 21 heavy (non-hydrogen) atoms. The van der Waals surface area contributed by atoms with Gasteiger partial charge in [-0.3, -0.25) is 4.98 Å². The fourth-order valence-electron chi connectivity index (χ4n) is 2.97. The van der Waals surface area contributed by atoms with Crippen LogP contribution in [0.5, 0.6) is 0 Å². The van der Waals surface area contributed by atoms with E-state index in [2.05, 4.69) is 28.7 Å². The van der Waals surface area contributed by atoms with Crippen molar-refractivity contribution in [1.82, 2.24) is 10.3 Å². The van der Waals surface area contributed by atoms with Gasteiger partial charge in [0, 0.05) is 11.2 Å². The largest absolute Gasteiger partial charge is 0.316 e. The zero-order valence-electron chi connectivity index (χ0n) is 12.1. The molecule has 1 aromatic heterocycles. The van der Waals surface area contributed by atoms with Crippen LogP contribution in [-0.2, 0) is 12.8 Å². The van der Waals surface area contributed by atoms with Gasteiger partial charge >= 0.3 is 0 Å². The van der Waals surface area contributed by atoms with Gasteiger partial charge in [-0.25, -0.2) is 0 Å². The highest BCUT2D eigenvalue weighted by Crippen LogP contribution is 2.40. The number of thioether (sulfide) groups is 1. The van der Waals surface area contributed by atoms with Crippen LogP contribution in [0.1, 0.15) is 27.6 Å². The number of nitrogens with one attached hydrogen (secondary N) is 1. The van der Waals surface area contributed by atoms with Gasteiger partial charge in [0.25, 0.3) is 0 Å². The summed E-state index contributed by atoms with van der Waals surface area (Å²) >= 11 is 8.38. The Labute approximate surface area is 135 Å². The van der Waals surface area contributed by atoms with Crippen LogP contribution in [0.4, 0.5) is 0 Å². The third kappa shape index (κ3) is 3.10. The Morgan fingerprint density at radius 3 is 2.81 bits per heavy atom. The molecule has 2 aromatic rings. The van der Waals surface area contributed by atoms with Crippen molar-refractivity contribution >= 4 is 23.4 Å². The summed E-state index contributed by atoms with van der Waals surface area (Å²) in [6.07, 6.45) is 6.09. The predicted molar refractivity (Wildman–Crippen MR) is 91.3 cm³/mol. The van der Waals surface area contributed by atoms with Crippen molar-refractivity contribution in [3.63, 3.8) is 0 Å². The first-order chi connectivity index (χ1) is 10.3. The van der Waals surface area contributed by atoms with Crippen LogP contribution in [0.3, 0.4) is 0 Å². The van der Waals surface area contributed by atoms with Gasteiger partial charge in [0.1, 0.15) is 0 Å². The topological polar surface area (TPSA) is 24.9 Å². The highest BCUT2D eigenvalue weighted by atomic mass is 35.5. The standard InChI is InChI=1S/C17H19ClN2S/c1-21-17(15-4-2-3-9-20-15)16-13-8-11-19-10-7-12(13)5-6-14(16)18/h2-6,9,17,19H,7-8,10-11H2,1H3. The normalized spacial score (nSPS) is 16.1. The van der Waals surface area contributed by atoms with Gasteiger partial charge in [0.15, 0.2) is 0 Å². The van der Waals surface area contributed by atoms with E-state index in [0.29, 0.717) is 0 Å². The number of halogens is 1. The van der Waals surface area contributed by atoms with Gasteiger partial charge in [-0.05, 0) is 67.1 Å². The molecule has 0 radical (unpaired) electrons. The van der Waals surface area contributed by atoms with Gasteiger partial charge in [-0.1, -0.05) is 23.7 Å². The lowest BCUT2D eigenvalue weighted by atomic mass is 9.94. The van der Waals surface area contributed by atoms with Crippen LogP contribution in [0.25, 0.3) is 0 Å². The quantitative estimate of drug-likeness (QED) is 0.929. The monoisotopic (exact) mass is 318 g/mol. The fourth-order valence-corrected chi connectivity index (χ4v) is 4.21. The van der Waals surface area contributed by atoms with E-state index < -0.39 is 0 Å². The molecule has 0 aliphatic carbocycles. The highest BCUT2D eigenvalue weighted by molar-refractivity contribution is 7.99. The lowest BCUT2D eigenvalue weighted by Gasteiger charge is -2.21. The second-order valence-electron chi connectivity index (χ2n) is 5.22. The Bertz CT molecular complexity index is 616. The third-order valence-electron chi connectivity index (χ3n) is 3.98. The minimum Gasteiger partial charge on any atom is -0.316 e. The van der Waals surface area contributed by atoms with E-state index in [1.54, 1.807) is 11.8 Å². The number of rotatable bonds is 3. The summed E-state index contributed by atoms with van der Waals surface area (Å²) in [6, 6.07) is 10.3. The second kappa shape index (κ2) is 6.82. The van der Waals surface area contributed by atoms with Crippen molar-refractivity contribution in [3.8, 4) is 0 Å². The van der Waals surface area contributed by atoms with Crippen LogP contribution in [0, 0.1) is 0 Å². The van der Waals surface area contributed by atoms with Crippen LogP contribution in [0.2, 0.25) is 5.02 Å². The van der Waals surface area contributed by atoms with Gasteiger partial charge in [-0.2, -0.15) is 11.8 Å². The second-order valence-corrected chi connectivity index (χ2v) is 6.57. The molecule has 1 aromatic carbocycles. The SMILES string of the molecule is CSC(c1ccccn1)c1c(Cl)ccc2c1CCNCC2. The zero-order chi connectivity index (χ0) is 14.7. The fraction of sp³-hybridized carbons (Fsp3) is 0.353. The van der Waals surface area contributed by atoms with Gasteiger partial charge in [0.2, 0.25) is 0 Å². The van der Waals surface area contributed by atoms with Gasteiger partial charge in [-0.15, -0.1) is 0 Å². The van der Waals surface area contributed by atoms with Crippen molar-refractivity contribution in [1.29, 1.82) is 0 Å². The first-order valence-electron chi connectivity index (χ1n) is 7.26. The average molecular weight is 319 g/mol. The van der Waals surface area contributed by atoms with E-state index in [1.165, 1.54) is 16.7 Å². The zero-order valence-corrected chi connectivity index (χ0v) is 13.7. The van der Waals surface area contributed by atoms with Gasteiger partial charge in [0.05, 0.1) is 10.9 Å². The Hall–Kier alpha value is -1.03. The predicted octanol–water partition coefficient (Wildman–Crippen LogP) is 3.88. The molecule has 0 saturated carbocycles. The van der Waals surface area contributed by atoms with E-state index in [1.807, 2.05) is 24.4 Å². The van der Waals surface area contributed by atoms with Crippen molar-refractivity contribution in [2.24, 2.45) is 0 Å². The molecule has 2 heterocycles. The minimum absolute atomic E-state index is 0.201. The maximum atomic E-state index is 6.58. The molecule has 1 unspecified atom stereocenters. The first-order valence-corrected chi connectivity index (χ1v) is 8.92. The number of benzene rings is 1. The Morgan fingerprint density at radius 2 is 2.05 bits per heavy atom. The van der Waals surface area contributed by atoms with Crippen LogP contribution >= 0.6 is 23.4 Å². The summed E-state index contributed by atoms with van der Waals surface area (Å²) in [6.45, 7) is 2.06. The summed E-state index contributed by atoms with van der Waals surface area (Å²) in [5.74, 6) is 0. The number of nitrogens with zero attached hydrogens (tertiary/aromatic N) is 1. The molecular formula is C17H19ClN2S. The van der Waals surface area contributed by atoms with Crippen molar-refractivity contribution in [2.75, 3.05) is 19.3 Å². The maximum Gasteiger partial charge on any atom is 0.0733 e. The molecule has 0 amide bonds. The van der Waals surface area contributed by atoms with Crippen LogP contribution in [0.15, 0.2) is 36.5 Å². The van der Waals surface area contributed by atoms with Crippen molar-refractivity contribution < 1.29 is 0 Å². The molecule has 2 nitrogen and oxygen atoms in total. The van der Waals surface area contributed by atoms with E-state index in [-0.39, 0.29) is 5.25 Å². The highest BCUT2D eigenvalue weighted by Gasteiger charge is 2.23. The van der Waals surface area contributed by atoms with E-state index in [0.717, 1.165) is 36.6 Å². The molecule has 0 bridgehead atoms. The Morgan fingerprint density at radius 1 is 1.19 bits per heavy atom. The molecule has 0 saturated heterocycles. The molecule has 4 heteroatoms. The molecule has 0 fully saturated rings. The summed E-state index contributed by atoms with van der Waals surface area (Å²) in [7, 11) is 0. The summed E-state index contributed by atoms with van der Waals surface area (Å²) in [5, 5.41) is 4.53. The minimum atomic E-state index is 0.201. The molecule has 110 valence electrons. The third-order valence-corrected chi connectivity index (χ3v) is 5.26. The smallest absolute Gasteiger partial charge is 0.0733 e. The first kappa shape index (κ1) is 14.9. The Kier molecular flexibility index (Phi) is 4.84. The van der Waals surface area contributed by atoms with E-state index in [9.17, 15) is 0 Å². The number of hydrogen-bond donors (Lipinski definition) is 1. The average Bonchev–Trinajstić information content (AvgIpc) is 2.76. The molecular weight excluding hydrogens is 300 g/mol. The summed E-state index contributed by atoms with van der Waals surface area (Å²) in [4.78, 5) is 4.54. The van der Waals surface area contributed by atoms with Crippen molar-refractivity contribution in [3.05, 3.63) is 63.9 Å². The molecule has 3 rings (SSSR count). The van der Waals surface area contributed by atoms with Crippen LogP contribution < -0.4 is 5.32 Å². The van der Waals surface area contributed by atoms with Gasteiger partial charge < -0.3 is 5.32 Å². The molecule has 1 aliphatic heterocycles. The summed E-state index contributed by atoms with van der Waals surface area (Å²) < 4.78 is 0. The lowest BCUT2D eigenvalue weighted by Crippen LogP contribution is -2.16. The molecule has 1 aliphatic rings. The number of pyridine rings is 1. The van der Waals surface area contributed by atoms with Crippen molar-refractivity contribution in [2.45, 2.75) is 18.1 Å². The molecule has 1 atom stereocenters. The number of aromatic nitrogens is 1. The molecule has 0 spiro atoms. The summed E-state index contributed by atoms with van der Waals surface area (Å²) in [5.41, 5.74) is 5.17. The number of fused-ring (bicyclic) bond motifs is 1.